The molecule has 5 rings (SSSR count). The van der Waals surface area contributed by atoms with Crippen LogP contribution in [-0.2, 0) is 13.0 Å². The number of benzene rings is 1. The van der Waals surface area contributed by atoms with Gasteiger partial charge in [-0.2, -0.15) is 10.2 Å². The van der Waals surface area contributed by atoms with Crippen molar-refractivity contribution < 1.29 is 4.39 Å². The van der Waals surface area contributed by atoms with Crippen molar-refractivity contribution in [2.24, 2.45) is 15.8 Å². The SMILES string of the molecule is NC1CN2N=C(c3c(-c4ccc(F)cc4)nn4c3CCCC4)C=CC2=N1. The lowest BCUT2D eigenvalue weighted by Crippen LogP contribution is -2.30. The van der Waals surface area contributed by atoms with Gasteiger partial charge in [0.2, 0.25) is 0 Å². The summed E-state index contributed by atoms with van der Waals surface area (Å²) in [5.74, 6) is 0.548. The number of aryl methyl sites for hydroxylation is 1. The molecule has 26 heavy (non-hydrogen) atoms. The molecule has 0 radical (unpaired) electrons. The zero-order chi connectivity index (χ0) is 17.7. The van der Waals surface area contributed by atoms with Crippen molar-refractivity contribution in [1.29, 1.82) is 0 Å². The second kappa shape index (κ2) is 5.88. The lowest BCUT2D eigenvalue weighted by atomic mass is 9.97. The van der Waals surface area contributed by atoms with Crippen molar-refractivity contribution in [1.82, 2.24) is 14.8 Å². The highest BCUT2D eigenvalue weighted by Gasteiger charge is 2.28. The molecule has 0 aliphatic carbocycles. The second-order valence-electron chi connectivity index (χ2n) is 6.81. The molecule has 0 saturated heterocycles. The third kappa shape index (κ3) is 2.47. The minimum absolute atomic E-state index is 0.240. The van der Waals surface area contributed by atoms with E-state index in [1.54, 1.807) is 12.1 Å². The molecule has 0 fully saturated rings. The third-order valence-corrected chi connectivity index (χ3v) is 5.01. The number of hydrazone groups is 1. The molecule has 0 spiro atoms. The molecule has 1 aromatic carbocycles. The van der Waals surface area contributed by atoms with Crippen LogP contribution in [-0.4, -0.2) is 39.0 Å². The highest BCUT2D eigenvalue weighted by Crippen LogP contribution is 2.31. The first-order chi connectivity index (χ1) is 12.7. The average molecular weight is 350 g/mol. The Kier molecular flexibility index (Phi) is 3.49. The van der Waals surface area contributed by atoms with Gasteiger partial charge >= 0.3 is 0 Å². The molecule has 6 nitrogen and oxygen atoms in total. The Labute approximate surface area is 150 Å². The largest absolute Gasteiger partial charge is 0.308 e. The minimum atomic E-state index is -0.249. The summed E-state index contributed by atoms with van der Waals surface area (Å²) >= 11 is 0. The van der Waals surface area contributed by atoms with Gasteiger partial charge in [0, 0.05) is 17.8 Å². The van der Waals surface area contributed by atoms with Crippen LogP contribution in [0.4, 0.5) is 4.39 Å². The first-order valence-corrected chi connectivity index (χ1v) is 8.92. The lowest BCUT2D eigenvalue weighted by molar-refractivity contribution is 0.451. The molecule has 3 aliphatic rings. The Bertz CT molecular complexity index is 953. The smallest absolute Gasteiger partial charge is 0.145 e. The predicted molar refractivity (Wildman–Crippen MR) is 98.4 cm³/mol. The highest BCUT2D eigenvalue weighted by atomic mass is 19.1. The predicted octanol–water partition coefficient (Wildman–Crippen LogP) is 2.30. The van der Waals surface area contributed by atoms with Crippen LogP contribution in [0, 0.1) is 5.82 Å². The van der Waals surface area contributed by atoms with Crippen LogP contribution in [0.3, 0.4) is 0 Å². The summed E-state index contributed by atoms with van der Waals surface area (Å²) in [5.41, 5.74) is 10.8. The summed E-state index contributed by atoms with van der Waals surface area (Å²) in [6, 6.07) is 6.50. The normalized spacial score (nSPS) is 21.3. The number of amidine groups is 1. The van der Waals surface area contributed by atoms with Crippen molar-refractivity contribution in [2.45, 2.75) is 32.0 Å². The van der Waals surface area contributed by atoms with Gasteiger partial charge in [0.05, 0.1) is 17.8 Å². The average Bonchev–Trinajstić information content (AvgIpc) is 3.21. The van der Waals surface area contributed by atoms with Gasteiger partial charge in [-0.3, -0.25) is 4.68 Å². The van der Waals surface area contributed by atoms with Crippen LogP contribution in [0.15, 0.2) is 46.5 Å². The van der Waals surface area contributed by atoms with Gasteiger partial charge in [0.25, 0.3) is 0 Å². The van der Waals surface area contributed by atoms with Gasteiger partial charge in [0.1, 0.15) is 23.5 Å². The van der Waals surface area contributed by atoms with Gasteiger partial charge in [-0.25, -0.2) is 14.4 Å². The summed E-state index contributed by atoms with van der Waals surface area (Å²) < 4.78 is 15.5. The van der Waals surface area contributed by atoms with Crippen LogP contribution in [0.2, 0.25) is 0 Å². The maximum absolute atomic E-state index is 13.4. The van der Waals surface area contributed by atoms with Crippen molar-refractivity contribution in [3.8, 4) is 11.3 Å². The zero-order valence-corrected chi connectivity index (χ0v) is 14.3. The van der Waals surface area contributed by atoms with E-state index in [0.29, 0.717) is 6.54 Å². The van der Waals surface area contributed by atoms with E-state index in [4.69, 9.17) is 15.9 Å². The molecule has 1 unspecified atom stereocenters. The number of hydrogen-bond acceptors (Lipinski definition) is 5. The Morgan fingerprint density at radius 3 is 2.81 bits per heavy atom. The maximum Gasteiger partial charge on any atom is 0.145 e. The monoisotopic (exact) mass is 350 g/mol. The van der Waals surface area contributed by atoms with Crippen molar-refractivity contribution in [3.05, 3.63) is 53.5 Å². The molecule has 0 amide bonds. The van der Waals surface area contributed by atoms with Crippen LogP contribution < -0.4 is 5.73 Å². The minimum Gasteiger partial charge on any atom is -0.308 e. The number of hydrogen-bond donors (Lipinski definition) is 1. The lowest BCUT2D eigenvalue weighted by Gasteiger charge is -2.19. The van der Waals surface area contributed by atoms with Crippen molar-refractivity contribution >= 4 is 11.5 Å². The van der Waals surface area contributed by atoms with Gasteiger partial charge < -0.3 is 5.73 Å². The summed E-state index contributed by atoms with van der Waals surface area (Å²) in [4.78, 5) is 4.37. The molecule has 4 heterocycles. The summed E-state index contributed by atoms with van der Waals surface area (Å²) in [6.07, 6.45) is 6.92. The van der Waals surface area contributed by atoms with E-state index in [2.05, 4.69) is 9.67 Å². The Hall–Kier alpha value is -2.80. The molecule has 7 heteroatoms. The number of aliphatic imine (C=N–C) groups is 1. The quantitative estimate of drug-likeness (QED) is 0.903. The highest BCUT2D eigenvalue weighted by molar-refractivity contribution is 6.17. The van der Waals surface area contributed by atoms with Crippen LogP contribution in [0.5, 0.6) is 0 Å². The zero-order valence-electron chi connectivity index (χ0n) is 14.3. The molecular formula is C19H19FN6. The Morgan fingerprint density at radius 1 is 1.12 bits per heavy atom. The fraction of sp³-hybridized carbons (Fsp3) is 0.316. The third-order valence-electron chi connectivity index (χ3n) is 5.01. The first kappa shape index (κ1) is 15.5. The number of nitrogens with zero attached hydrogens (tertiary/aromatic N) is 5. The molecular weight excluding hydrogens is 331 g/mol. The van der Waals surface area contributed by atoms with E-state index in [1.807, 2.05) is 17.2 Å². The van der Waals surface area contributed by atoms with Crippen LogP contribution >= 0.6 is 0 Å². The number of rotatable bonds is 2. The number of halogens is 1. The summed E-state index contributed by atoms with van der Waals surface area (Å²) in [6.45, 7) is 1.49. The van der Waals surface area contributed by atoms with Crippen molar-refractivity contribution in [2.75, 3.05) is 6.54 Å². The summed E-state index contributed by atoms with van der Waals surface area (Å²) in [5, 5.41) is 11.5. The molecule has 2 aromatic rings. The number of fused-ring (bicyclic) bond motifs is 2. The van der Waals surface area contributed by atoms with E-state index in [-0.39, 0.29) is 12.0 Å². The maximum atomic E-state index is 13.4. The second-order valence-corrected chi connectivity index (χ2v) is 6.81. The number of aromatic nitrogens is 2. The van der Waals surface area contributed by atoms with Gasteiger partial charge in [-0.15, -0.1) is 0 Å². The van der Waals surface area contributed by atoms with Crippen LogP contribution in [0.25, 0.3) is 11.3 Å². The van der Waals surface area contributed by atoms with E-state index in [1.165, 1.54) is 17.8 Å². The first-order valence-electron chi connectivity index (χ1n) is 8.92. The molecule has 3 aliphatic heterocycles. The van der Waals surface area contributed by atoms with Crippen LogP contribution in [0.1, 0.15) is 24.1 Å². The molecule has 2 N–H and O–H groups in total. The van der Waals surface area contributed by atoms with E-state index < -0.39 is 0 Å². The van der Waals surface area contributed by atoms with E-state index >= 15 is 0 Å². The molecule has 0 saturated carbocycles. The topological polar surface area (TPSA) is 71.8 Å². The Balaban J connectivity index is 1.65. The molecule has 1 aromatic heterocycles. The summed E-state index contributed by atoms with van der Waals surface area (Å²) in [7, 11) is 0. The van der Waals surface area contributed by atoms with Gasteiger partial charge in [-0.05, 0) is 55.7 Å². The number of nitrogens with two attached hydrogens (primary N) is 1. The fourth-order valence-electron chi connectivity index (χ4n) is 3.79. The standard InChI is InChI=1S/C19H19FN6/c20-13-6-4-12(5-7-13)19-18(15-3-1-2-10-25(15)24-19)14-8-9-17-22-16(21)11-26(17)23-14/h4-9,16H,1-3,10-11,21H2. The van der Waals surface area contributed by atoms with Crippen molar-refractivity contribution in [3.63, 3.8) is 0 Å². The molecule has 0 bridgehead atoms. The number of allylic oxidation sites excluding steroid dienone is 1. The molecule has 132 valence electrons. The van der Waals surface area contributed by atoms with Gasteiger partial charge in [-0.1, -0.05) is 0 Å². The Morgan fingerprint density at radius 2 is 1.96 bits per heavy atom. The van der Waals surface area contributed by atoms with E-state index in [0.717, 1.165) is 54.2 Å². The molecule has 1 atom stereocenters. The van der Waals surface area contributed by atoms with Gasteiger partial charge in [0.15, 0.2) is 0 Å². The van der Waals surface area contributed by atoms with E-state index in [9.17, 15) is 4.39 Å². The fourth-order valence-corrected chi connectivity index (χ4v) is 3.79.